The number of hydrogen-bond donors (Lipinski definition) is 3. The number of nitrogens with zero attached hydrogens (tertiary/aromatic N) is 1. The van der Waals surface area contributed by atoms with E-state index in [2.05, 4.69) is 5.32 Å². The van der Waals surface area contributed by atoms with Crippen LogP contribution in [0.25, 0.3) is 0 Å². The Labute approximate surface area is 164 Å². The van der Waals surface area contributed by atoms with Crippen LogP contribution in [-0.2, 0) is 20.9 Å². The maximum Gasteiger partial charge on any atom is 0.410 e. The number of ether oxygens (including phenoxy) is 1. The van der Waals surface area contributed by atoms with Gasteiger partial charge in [0.2, 0.25) is 0 Å². The Balaban J connectivity index is 0.000000261. The Kier molecular flexibility index (Phi) is 8.74. The number of nitrogens with one attached hydrogen (secondary N) is 1. The summed E-state index contributed by atoms with van der Waals surface area (Å²) < 4.78 is 5.19. The number of piperidine rings is 2. The molecule has 0 bridgehead atoms. The van der Waals surface area contributed by atoms with E-state index >= 15 is 0 Å². The van der Waals surface area contributed by atoms with Gasteiger partial charge < -0.3 is 25.2 Å². The van der Waals surface area contributed by atoms with Crippen LogP contribution in [0.2, 0.25) is 0 Å². The van der Waals surface area contributed by atoms with Crippen molar-refractivity contribution in [2.45, 2.75) is 32.3 Å². The van der Waals surface area contributed by atoms with Crippen molar-refractivity contribution in [1.82, 2.24) is 10.2 Å². The van der Waals surface area contributed by atoms with Crippen molar-refractivity contribution in [3.63, 3.8) is 0 Å². The van der Waals surface area contributed by atoms with Gasteiger partial charge in [0, 0.05) is 19.6 Å². The summed E-state index contributed by atoms with van der Waals surface area (Å²) in [6.07, 6.45) is 2.73. The third kappa shape index (κ3) is 7.19. The lowest BCUT2D eigenvalue weighted by Crippen LogP contribution is -2.42. The van der Waals surface area contributed by atoms with Gasteiger partial charge in [0.1, 0.15) is 6.61 Å². The SMILES string of the molecule is O=C(O)[C@@H]1CCCN(C(=O)OCc2ccccc2)C1.O=C(O)[C@@H]1CCCNC1. The zero-order valence-corrected chi connectivity index (χ0v) is 15.9. The summed E-state index contributed by atoms with van der Waals surface area (Å²) in [5.74, 6) is -2.13. The highest BCUT2D eigenvalue weighted by Crippen LogP contribution is 2.17. The molecule has 154 valence electrons. The fraction of sp³-hybridized carbons (Fsp3) is 0.550. The largest absolute Gasteiger partial charge is 0.481 e. The zero-order valence-electron chi connectivity index (χ0n) is 15.9. The van der Waals surface area contributed by atoms with Crippen molar-refractivity contribution in [3.8, 4) is 0 Å². The molecular weight excluding hydrogens is 364 g/mol. The minimum atomic E-state index is -0.847. The van der Waals surface area contributed by atoms with Crippen molar-refractivity contribution < 1.29 is 29.3 Å². The van der Waals surface area contributed by atoms with Crippen LogP contribution in [-0.4, -0.2) is 59.3 Å². The van der Waals surface area contributed by atoms with Crippen molar-refractivity contribution >= 4 is 18.0 Å². The summed E-state index contributed by atoms with van der Waals surface area (Å²) in [5, 5.41) is 20.5. The number of rotatable bonds is 4. The normalized spacial score (nSPS) is 21.8. The van der Waals surface area contributed by atoms with E-state index in [-0.39, 0.29) is 19.1 Å². The molecule has 2 atom stereocenters. The Bertz CT molecular complexity index is 645. The first kappa shape index (κ1) is 21.7. The highest BCUT2D eigenvalue weighted by Gasteiger charge is 2.28. The minimum Gasteiger partial charge on any atom is -0.481 e. The van der Waals surface area contributed by atoms with E-state index < -0.39 is 23.9 Å². The van der Waals surface area contributed by atoms with Gasteiger partial charge in [-0.15, -0.1) is 0 Å². The second-order valence-electron chi connectivity index (χ2n) is 7.05. The smallest absolute Gasteiger partial charge is 0.410 e. The van der Waals surface area contributed by atoms with E-state index in [0.717, 1.165) is 24.9 Å². The van der Waals surface area contributed by atoms with Crippen molar-refractivity contribution in [1.29, 1.82) is 0 Å². The number of benzene rings is 1. The number of aliphatic carboxylic acids is 2. The summed E-state index contributed by atoms with van der Waals surface area (Å²) in [5.41, 5.74) is 0.919. The van der Waals surface area contributed by atoms with E-state index in [0.29, 0.717) is 25.9 Å². The topological polar surface area (TPSA) is 116 Å². The first-order valence-electron chi connectivity index (χ1n) is 9.59. The molecule has 0 unspecified atom stereocenters. The van der Waals surface area contributed by atoms with Crippen LogP contribution in [0.3, 0.4) is 0 Å². The lowest BCUT2D eigenvalue weighted by molar-refractivity contribution is -0.143. The average molecular weight is 392 g/mol. The molecule has 2 aliphatic heterocycles. The number of carbonyl (C=O) groups excluding carboxylic acids is 1. The Hall–Kier alpha value is -2.61. The third-order valence-corrected chi connectivity index (χ3v) is 4.88. The summed E-state index contributed by atoms with van der Waals surface area (Å²) in [4.78, 5) is 34.6. The molecule has 0 aromatic heterocycles. The van der Waals surface area contributed by atoms with Gasteiger partial charge in [-0.1, -0.05) is 30.3 Å². The fourth-order valence-corrected chi connectivity index (χ4v) is 3.22. The minimum absolute atomic E-state index is 0.140. The van der Waals surface area contributed by atoms with Crippen LogP contribution in [0.15, 0.2) is 30.3 Å². The third-order valence-electron chi connectivity index (χ3n) is 4.88. The molecule has 1 aromatic carbocycles. The molecule has 3 rings (SSSR count). The molecule has 0 saturated carbocycles. The molecule has 8 heteroatoms. The highest BCUT2D eigenvalue weighted by atomic mass is 16.6. The molecule has 1 aromatic rings. The Morgan fingerprint density at radius 2 is 1.71 bits per heavy atom. The van der Waals surface area contributed by atoms with E-state index in [9.17, 15) is 14.4 Å². The number of hydrogen-bond acceptors (Lipinski definition) is 5. The summed E-state index contributed by atoms with van der Waals surface area (Å²) >= 11 is 0. The van der Waals surface area contributed by atoms with Crippen LogP contribution in [0.5, 0.6) is 0 Å². The Morgan fingerprint density at radius 1 is 1.04 bits per heavy atom. The first-order valence-corrected chi connectivity index (χ1v) is 9.59. The van der Waals surface area contributed by atoms with Gasteiger partial charge in [0.15, 0.2) is 0 Å². The number of carboxylic acids is 2. The fourth-order valence-electron chi connectivity index (χ4n) is 3.22. The maximum absolute atomic E-state index is 11.9. The van der Waals surface area contributed by atoms with Crippen LogP contribution in [0.1, 0.15) is 31.2 Å². The van der Waals surface area contributed by atoms with Crippen LogP contribution in [0, 0.1) is 11.8 Å². The predicted molar refractivity (Wildman–Crippen MR) is 102 cm³/mol. The molecule has 1 amide bonds. The van der Waals surface area contributed by atoms with Gasteiger partial charge in [-0.25, -0.2) is 4.79 Å². The molecule has 2 aliphatic rings. The molecule has 0 radical (unpaired) electrons. The highest BCUT2D eigenvalue weighted by molar-refractivity contribution is 5.73. The zero-order chi connectivity index (χ0) is 20.4. The van der Waals surface area contributed by atoms with E-state index in [1.165, 1.54) is 4.90 Å². The van der Waals surface area contributed by atoms with E-state index in [4.69, 9.17) is 14.9 Å². The quantitative estimate of drug-likeness (QED) is 0.719. The lowest BCUT2D eigenvalue weighted by atomic mass is 9.99. The molecule has 2 saturated heterocycles. The van der Waals surface area contributed by atoms with E-state index in [1.54, 1.807) is 0 Å². The van der Waals surface area contributed by atoms with Crippen molar-refractivity contribution in [3.05, 3.63) is 35.9 Å². The van der Waals surface area contributed by atoms with Gasteiger partial charge >= 0.3 is 18.0 Å². The number of amides is 1. The van der Waals surface area contributed by atoms with Crippen LogP contribution < -0.4 is 5.32 Å². The Morgan fingerprint density at radius 3 is 2.29 bits per heavy atom. The summed E-state index contributed by atoms with van der Waals surface area (Å²) in [6.45, 7) is 2.65. The molecule has 2 heterocycles. The molecule has 28 heavy (non-hydrogen) atoms. The standard InChI is InChI=1S/C14H17NO4.C6H11NO2/c16-13(17)12-7-4-8-15(9-12)14(18)19-10-11-5-2-1-3-6-11;8-6(9)5-2-1-3-7-4-5/h1-3,5-6,12H,4,7-10H2,(H,16,17);5,7H,1-4H2,(H,8,9)/t12-;5-/m11/s1. The maximum atomic E-state index is 11.9. The van der Waals surface area contributed by atoms with Gasteiger partial charge in [0.25, 0.3) is 0 Å². The molecule has 0 spiro atoms. The van der Waals surface area contributed by atoms with Crippen molar-refractivity contribution in [2.75, 3.05) is 26.2 Å². The number of carbonyl (C=O) groups is 3. The van der Waals surface area contributed by atoms with Gasteiger partial charge in [-0.2, -0.15) is 0 Å². The molecular formula is C20H28N2O6. The average Bonchev–Trinajstić information content (AvgIpc) is 2.74. The molecule has 0 aliphatic carbocycles. The van der Waals surface area contributed by atoms with Gasteiger partial charge in [-0.3, -0.25) is 9.59 Å². The lowest BCUT2D eigenvalue weighted by Gasteiger charge is -2.29. The van der Waals surface area contributed by atoms with Crippen LogP contribution >= 0.6 is 0 Å². The van der Waals surface area contributed by atoms with Gasteiger partial charge in [-0.05, 0) is 37.8 Å². The number of likely N-dealkylation sites (tertiary alicyclic amines) is 1. The first-order chi connectivity index (χ1) is 13.5. The molecule has 3 N–H and O–H groups in total. The summed E-state index contributed by atoms with van der Waals surface area (Å²) in [7, 11) is 0. The summed E-state index contributed by atoms with van der Waals surface area (Å²) in [6, 6.07) is 9.41. The van der Waals surface area contributed by atoms with E-state index in [1.807, 2.05) is 30.3 Å². The predicted octanol–water partition coefficient (Wildman–Crippen LogP) is 2.19. The van der Waals surface area contributed by atoms with Gasteiger partial charge in [0.05, 0.1) is 11.8 Å². The molecule has 2 fully saturated rings. The second-order valence-corrected chi connectivity index (χ2v) is 7.05. The molecule has 8 nitrogen and oxygen atoms in total. The monoisotopic (exact) mass is 392 g/mol. The van der Waals surface area contributed by atoms with Crippen LogP contribution in [0.4, 0.5) is 4.79 Å². The van der Waals surface area contributed by atoms with Crippen molar-refractivity contribution in [2.24, 2.45) is 11.8 Å². The second kappa shape index (κ2) is 11.3. The number of carboxylic acid groups (broad SMARTS) is 2.